The highest BCUT2D eigenvalue weighted by Crippen LogP contribution is 2.16. The van der Waals surface area contributed by atoms with Crippen LogP contribution in [0.1, 0.15) is 16.1 Å². The summed E-state index contributed by atoms with van der Waals surface area (Å²) < 4.78 is 5.21. The average Bonchev–Trinajstić information content (AvgIpc) is 3.21. The zero-order chi connectivity index (χ0) is 19.9. The highest BCUT2D eigenvalue weighted by molar-refractivity contribution is 6.10. The van der Waals surface area contributed by atoms with Gasteiger partial charge in [-0.25, -0.2) is 0 Å². The van der Waals surface area contributed by atoms with Crippen LogP contribution in [0.3, 0.4) is 0 Å². The lowest BCUT2D eigenvalue weighted by Gasteiger charge is -2.11. The van der Waals surface area contributed by atoms with Gasteiger partial charge in [-0.2, -0.15) is 0 Å². The Morgan fingerprint density at radius 2 is 1.68 bits per heavy atom. The van der Waals surface area contributed by atoms with E-state index in [2.05, 4.69) is 10.6 Å². The van der Waals surface area contributed by atoms with Gasteiger partial charge in [0.15, 0.2) is 0 Å². The second-order valence-corrected chi connectivity index (χ2v) is 5.65. The number of rotatable bonds is 6. The van der Waals surface area contributed by atoms with Crippen LogP contribution in [-0.4, -0.2) is 16.7 Å². The molecule has 140 valence electrons. The molecule has 8 heteroatoms. The Hall–Kier alpha value is -4.20. The average molecular weight is 377 g/mol. The number of anilines is 1. The lowest BCUT2D eigenvalue weighted by molar-refractivity contribution is -0.384. The van der Waals surface area contributed by atoms with E-state index in [1.54, 1.807) is 42.5 Å². The number of hydrogen-bond donors (Lipinski definition) is 2. The number of nitro groups is 1. The lowest BCUT2D eigenvalue weighted by Crippen LogP contribution is -2.30. The minimum Gasteiger partial charge on any atom is -0.465 e. The molecule has 0 aliphatic rings. The Kier molecular flexibility index (Phi) is 5.61. The van der Waals surface area contributed by atoms with Crippen LogP contribution in [0.5, 0.6) is 0 Å². The summed E-state index contributed by atoms with van der Waals surface area (Å²) in [5, 5.41) is 15.9. The molecule has 0 fully saturated rings. The summed E-state index contributed by atoms with van der Waals surface area (Å²) in [6, 6.07) is 17.1. The quantitative estimate of drug-likeness (QED) is 0.387. The topological polar surface area (TPSA) is 114 Å². The fourth-order valence-electron chi connectivity index (χ4n) is 2.32. The molecule has 3 aromatic rings. The molecule has 0 saturated heterocycles. The number of furan rings is 1. The van der Waals surface area contributed by atoms with Gasteiger partial charge in [-0.3, -0.25) is 19.7 Å². The van der Waals surface area contributed by atoms with Crippen LogP contribution < -0.4 is 10.6 Å². The molecule has 1 heterocycles. The van der Waals surface area contributed by atoms with Gasteiger partial charge in [-0.15, -0.1) is 0 Å². The highest BCUT2D eigenvalue weighted by atomic mass is 16.6. The van der Waals surface area contributed by atoms with Gasteiger partial charge in [0.1, 0.15) is 11.5 Å². The number of nitrogens with zero attached hydrogens (tertiary/aromatic N) is 1. The van der Waals surface area contributed by atoms with Crippen molar-refractivity contribution in [1.82, 2.24) is 5.32 Å². The minimum absolute atomic E-state index is 0.0397. The van der Waals surface area contributed by atoms with Crippen molar-refractivity contribution in [2.24, 2.45) is 0 Å². The molecule has 0 unspecified atom stereocenters. The highest BCUT2D eigenvalue weighted by Gasteiger charge is 2.16. The van der Waals surface area contributed by atoms with E-state index in [-0.39, 0.29) is 11.4 Å². The van der Waals surface area contributed by atoms with Crippen LogP contribution >= 0.6 is 0 Å². The van der Waals surface area contributed by atoms with E-state index in [0.29, 0.717) is 17.0 Å². The SMILES string of the molecule is O=C(Nc1ccc([N+](=O)[O-])cc1)C(=Cc1ccco1)NC(=O)c1ccccc1. The number of nitro benzene ring substituents is 1. The number of hydrogen-bond acceptors (Lipinski definition) is 5. The summed E-state index contributed by atoms with van der Waals surface area (Å²) in [4.78, 5) is 35.3. The van der Waals surface area contributed by atoms with Crippen molar-refractivity contribution in [3.63, 3.8) is 0 Å². The van der Waals surface area contributed by atoms with Gasteiger partial charge in [-0.1, -0.05) is 18.2 Å². The fourth-order valence-corrected chi connectivity index (χ4v) is 2.32. The molecular weight excluding hydrogens is 362 g/mol. The maximum atomic E-state index is 12.7. The van der Waals surface area contributed by atoms with Gasteiger partial charge in [0, 0.05) is 29.5 Å². The first-order valence-corrected chi connectivity index (χ1v) is 8.20. The van der Waals surface area contributed by atoms with Gasteiger partial charge in [0.05, 0.1) is 11.2 Å². The van der Waals surface area contributed by atoms with Crippen molar-refractivity contribution in [2.45, 2.75) is 0 Å². The number of amides is 2. The van der Waals surface area contributed by atoms with E-state index in [1.807, 2.05) is 0 Å². The van der Waals surface area contributed by atoms with Crippen LogP contribution in [0.2, 0.25) is 0 Å². The van der Waals surface area contributed by atoms with Crippen molar-refractivity contribution < 1.29 is 18.9 Å². The molecule has 28 heavy (non-hydrogen) atoms. The van der Waals surface area contributed by atoms with E-state index in [9.17, 15) is 19.7 Å². The minimum atomic E-state index is -0.602. The Morgan fingerprint density at radius 1 is 0.964 bits per heavy atom. The molecule has 0 radical (unpaired) electrons. The summed E-state index contributed by atoms with van der Waals surface area (Å²) >= 11 is 0. The molecule has 1 aromatic heterocycles. The molecule has 3 rings (SSSR count). The zero-order valence-electron chi connectivity index (χ0n) is 14.5. The molecule has 0 bridgehead atoms. The van der Waals surface area contributed by atoms with E-state index >= 15 is 0 Å². The first-order valence-electron chi connectivity index (χ1n) is 8.20. The maximum absolute atomic E-state index is 12.7. The number of non-ortho nitro benzene ring substituents is 1. The van der Waals surface area contributed by atoms with Crippen LogP contribution in [-0.2, 0) is 4.79 Å². The van der Waals surface area contributed by atoms with Crippen molar-refractivity contribution in [3.8, 4) is 0 Å². The second-order valence-electron chi connectivity index (χ2n) is 5.65. The Balaban J connectivity index is 1.81. The largest absolute Gasteiger partial charge is 0.465 e. The van der Waals surface area contributed by atoms with E-state index in [1.165, 1.54) is 36.6 Å². The van der Waals surface area contributed by atoms with Crippen molar-refractivity contribution in [3.05, 3.63) is 100 Å². The summed E-state index contributed by atoms with van der Waals surface area (Å²) in [7, 11) is 0. The van der Waals surface area contributed by atoms with Gasteiger partial charge < -0.3 is 15.1 Å². The standard InChI is InChI=1S/C20H15N3O5/c24-19(14-5-2-1-3-6-14)22-18(13-17-7-4-12-28-17)20(25)21-15-8-10-16(11-9-15)23(26)27/h1-13H,(H,21,25)(H,22,24). The molecule has 0 aliphatic heterocycles. The third-order valence-corrected chi connectivity index (χ3v) is 3.69. The molecule has 2 N–H and O–H groups in total. The normalized spacial score (nSPS) is 10.9. The number of carbonyl (C=O) groups excluding carboxylic acids is 2. The monoisotopic (exact) mass is 377 g/mol. The predicted molar refractivity (Wildman–Crippen MR) is 102 cm³/mol. The van der Waals surface area contributed by atoms with Crippen LogP contribution in [0, 0.1) is 10.1 Å². The Labute approximate surface area is 159 Å². The third kappa shape index (κ3) is 4.70. The van der Waals surface area contributed by atoms with Gasteiger partial charge in [0.25, 0.3) is 17.5 Å². The van der Waals surface area contributed by atoms with E-state index in [0.717, 1.165) is 0 Å². The van der Waals surface area contributed by atoms with E-state index < -0.39 is 16.7 Å². The van der Waals surface area contributed by atoms with Gasteiger partial charge >= 0.3 is 0 Å². The lowest BCUT2D eigenvalue weighted by atomic mass is 10.2. The summed E-state index contributed by atoms with van der Waals surface area (Å²) in [6.07, 6.45) is 2.83. The predicted octanol–water partition coefficient (Wildman–Crippen LogP) is 3.60. The second kappa shape index (κ2) is 8.45. The van der Waals surface area contributed by atoms with Crippen molar-refractivity contribution in [1.29, 1.82) is 0 Å². The first-order chi connectivity index (χ1) is 13.5. The molecule has 0 spiro atoms. The molecular formula is C20H15N3O5. The summed E-state index contributed by atoms with van der Waals surface area (Å²) in [5.41, 5.74) is 0.592. The molecule has 2 amide bonds. The number of nitrogens with one attached hydrogen (secondary N) is 2. The van der Waals surface area contributed by atoms with Crippen LogP contribution in [0.4, 0.5) is 11.4 Å². The molecule has 8 nitrogen and oxygen atoms in total. The van der Waals surface area contributed by atoms with Gasteiger partial charge in [-0.05, 0) is 36.4 Å². The number of benzene rings is 2. The Morgan fingerprint density at radius 3 is 2.29 bits per heavy atom. The van der Waals surface area contributed by atoms with E-state index in [4.69, 9.17) is 4.42 Å². The first kappa shape index (κ1) is 18.6. The molecule has 0 atom stereocenters. The van der Waals surface area contributed by atoms with Crippen LogP contribution in [0.15, 0.2) is 83.1 Å². The van der Waals surface area contributed by atoms with Crippen molar-refractivity contribution in [2.75, 3.05) is 5.32 Å². The zero-order valence-corrected chi connectivity index (χ0v) is 14.5. The molecule has 0 saturated carbocycles. The smallest absolute Gasteiger partial charge is 0.272 e. The molecule has 2 aromatic carbocycles. The Bertz CT molecular complexity index is 1010. The van der Waals surface area contributed by atoms with Gasteiger partial charge in [0.2, 0.25) is 0 Å². The maximum Gasteiger partial charge on any atom is 0.272 e. The number of carbonyl (C=O) groups is 2. The third-order valence-electron chi connectivity index (χ3n) is 3.69. The van der Waals surface area contributed by atoms with Crippen molar-refractivity contribution >= 4 is 29.3 Å². The fraction of sp³-hybridized carbons (Fsp3) is 0. The summed E-state index contributed by atoms with van der Waals surface area (Å²) in [6.45, 7) is 0. The van der Waals surface area contributed by atoms with Crippen LogP contribution in [0.25, 0.3) is 6.08 Å². The summed E-state index contributed by atoms with van der Waals surface area (Å²) in [5.74, 6) is -0.686. The molecule has 0 aliphatic carbocycles.